The fourth-order valence-electron chi connectivity index (χ4n) is 2.41. The smallest absolute Gasteiger partial charge is 0.406 e. The van der Waals surface area contributed by atoms with Gasteiger partial charge in [-0.25, -0.2) is 0 Å². The molecule has 3 rings (SSSR count). The van der Waals surface area contributed by atoms with Crippen LogP contribution < -0.4 is 10.1 Å². The SMILES string of the molecule is C[C@H](Sc1nnc(Nc2ccc(OC(F)(F)F)cc2)s1)C(=O)N1CCOCC1. The van der Waals surface area contributed by atoms with Gasteiger partial charge in [0.15, 0.2) is 4.34 Å². The minimum Gasteiger partial charge on any atom is -0.406 e. The first-order valence-corrected chi connectivity index (χ1v) is 9.99. The van der Waals surface area contributed by atoms with E-state index in [-0.39, 0.29) is 16.9 Å². The van der Waals surface area contributed by atoms with Gasteiger partial charge in [-0.05, 0) is 31.2 Å². The largest absolute Gasteiger partial charge is 0.573 e. The van der Waals surface area contributed by atoms with Crippen LogP contribution in [0.1, 0.15) is 6.92 Å². The Kier molecular flexibility index (Phi) is 6.62. The maximum Gasteiger partial charge on any atom is 0.573 e. The van der Waals surface area contributed by atoms with Gasteiger partial charge in [0.1, 0.15) is 5.75 Å². The molecule has 1 aromatic carbocycles. The van der Waals surface area contributed by atoms with E-state index in [4.69, 9.17) is 4.74 Å². The Hall–Kier alpha value is -2.05. The number of carbonyl (C=O) groups excluding carboxylic acids is 1. The summed E-state index contributed by atoms with van der Waals surface area (Å²) in [5, 5.41) is 11.2. The fraction of sp³-hybridized carbons (Fsp3) is 0.438. The first-order valence-electron chi connectivity index (χ1n) is 8.30. The second-order valence-corrected chi connectivity index (χ2v) is 8.33. The molecule has 0 bridgehead atoms. The summed E-state index contributed by atoms with van der Waals surface area (Å²) >= 11 is 2.57. The molecule has 1 fully saturated rings. The molecule has 0 aliphatic carbocycles. The van der Waals surface area contributed by atoms with Gasteiger partial charge in [-0.2, -0.15) is 0 Å². The molecule has 152 valence electrons. The molecule has 2 aromatic rings. The van der Waals surface area contributed by atoms with Gasteiger partial charge in [-0.1, -0.05) is 23.1 Å². The van der Waals surface area contributed by atoms with E-state index in [0.29, 0.717) is 41.5 Å². The number of nitrogens with one attached hydrogen (secondary N) is 1. The topological polar surface area (TPSA) is 76.6 Å². The van der Waals surface area contributed by atoms with Crippen molar-refractivity contribution in [2.45, 2.75) is 22.9 Å². The number of benzene rings is 1. The Labute approximate surface area is 167 Å². The third-order valence-corrected chi connectivity index (χ3v) is 5.70. The molecule has 1 N–H and O–H groups in total. The van der Waals surface area contributed by atoms with Gasteiger partial charge in [-0.15, -0.1) is 23.4 Å². The predicted octanol–water partition coefficient (Wildman–Crippen LogP) is 3.52. The van der Waals surface area contributed by atoms with Gasteiger partial charge >= 0.3 is 6.36 Å². The number of anilines is 2. The molecule has 0 saturated carbocycles. The molecule has 0 radical (unpaired) electrons. The van der Waals surface area contributed by atoms with Gasteiger partial charge in [-0.3, -0.25) is 4.79 Å². The molecule has 0 unspecified atom stereocenters. The minimum absolute atomic E-state index is 0.0262. The normalized spacial score (nSPS) is 15.9. The summed E-state index contributed by atoms with van der Waals surface area (Å²) in [7, 11) is 0. The molecule has 1 atom stereocenters. The summed E-state index contributed by atoms with van der Waals surface area (Å²) in [4.78, 5) is 14.2. The highest BCUT2D eigenvalue weighted by Gasteiger charge is 2.31. The zero-order valence-electron chi connectivity index (χ0n) is 14.7. The van der Waals surface area contributed by atoms with Gasteiger partial charge in [0.25, 0.3) is 0 Å². The van der Waals surface area contributed by atoms with Gasteiger partial charge in [0, 0.05) is 18.8 Å². The summed E-state index contributed by atoms with van der Waals surface area (Å²) in [5.74, 6) is -0.278. The van der Waals surface area contributed by atoms with Crippen molar-refractivity contribution in [3.8, 4) is 5.75 Å². The van der Waals surface area contributed by atoms with Crippen LogP contribution in [-0.4, -0.2) is 58.9 Å². The lowest BCUT2D eigenvalue weighted by Gasteiger charge is -2.28. The summed E-state index contributed by atoms with van der Waals surface area (Å²) < 4.78 is 46.2. The molecule has 1 amide bonds. The molecule has 0 spiro atoms. The monoisotopic (exact) mass is 434 g/mol. The number of morpholine rings is 1. The van der Waals surface area contributed by atoms with Crippen LogP contribution >= 0.6 is 23.1 Å². The van der Waals surface area contributed by atoms with E-state index in [1.54, 1.807) is 4.90 Å². The lowest BCUT2D eigenvalue weighted by atomic mass is 10.3. The van der Waals surface area contributed by atoms with Crippen molar-refractivity contribution in [3.05, 3.63) is 24.3 Å². The van der Waals surface area contributed by atoms with Crippen molar-refractivity contribution in [1.82, 2.24) is 15.1 Å². The van der Waals surface area contributed by atoms with E-state index >= 15 is 0 Å². The van der Waals surface area contributed by atoms with Crippen molar-refractivity contribution in [2.75, 3.05) is 31.6 Å². The summed E-state index contributed by atoms with van der Waals surface area (Å²) in [5.41, 5.74) is 0.541. The van der Waals surface area contributed by atoms with Crippen LogP contribution in [0.5, 0.6) is 5.75 Å². The Morgan fingerprint density at radius 3 is 2.61 bits per heavy atom. The second-order valence-electron chi connectivity index (χ2n) is 5.77. The van der Waals surface area contributed by atoms with Crippen molar-refractivity contribution in [2.24, 2.45) is 0 Å². The van der Waals surface area contributed by atoms with Crippen LogP contribution in [0.3, 0.4) is 0 Å². The average Bonchev–Trinajstić information content (AvgIpc) is 3.09. The molecule has 1 aliphatic rings. The highest BCUT2D eigenvalue weighted by molar-refractivity contribution is 8.02. The maximum atomic E-state index is 12.4. The average molecular weight is 434 g/mol. The number of nitrogens with zero attached hydrogens (tertiary/aromatic N) is 3. The predicted molar refractivity (Wildman–Crippen MR) is 99.0 cm³/mol. The van der Waals surface area contributed by atoms with Gasteiger partial charge in [0.05, 0.1) is 18.5 Å². The van der Waals surface area contributed by atoms with Gasteiger partial charge in [0.2, 0.25) is 11.0 Å². The molecular weight excluding hydrogens is 417 g/mol. The van der Waals surface area contributed by atoms with Gasteiger partial charge < -0.3 is 19.7 Å². The Morgan fingerprint density at radius 1 is 1.29 bits per heavy atom. The lowest BCUT2D eigenvalue weighted by Crippen LogP contribution is -2.44. The zero-order valence-corrected chi connectivity index (χ0v) is 16.4. The van der Waals surface area contributed by atoms with E-state index in [1.807, 2.05) is 6.92 Å². The van der Waals surface area contributed by atoms with Crippen molar-refractivity contribution in [1.29, 1.82) is 0 Å². The number of hydrogen-bond donors (Lipinski definition) is 1. The highest BCUT2D eigenvalue weighted by Crippen LogP contribution is 2.32. The van der Waals surface area contributed by atoms with Crippen LogP contribution in [0.2, 0.25) is 0 Å². The van der Waals surface area contributed by atoms with Crippen LogP contribution in [0.25, 0.3) is 0 Å². The van der Waals surface area contributed by atoms with E-state index in [2.05, 4.69) is 20.3 Å². The molecule has 1 aromatic heterocycles. The third kappa shape index (κ3) is 5.97. The first-order chi connectivity index (χ1) is 13.3. The standard InChI is InChI=1S/C16H17F3N4O3S2/c1-10(13(24)23-6-8-25-9-7-23)27-15-22-21-14(28-15)20-11-2-4-12(5-3-11)26-16(17,18)19/h2-5,10H,6-9H2,1H3,(H,20,21)/t10-/m0/s1. The van der Waals surface area contributed by atoms with E-state index < -0.39 is 6.36 Å². The van der Waals surface area contributed by atoms with Crippen LogP contribution in [0.15, 0.2) is 28.6 Å². The molecule has 12 heteroatoms. The van der Waals surface area contributed by atoms with Crippen LogP contribution in [-0.2, 0) is 9.53 Å². The molecule has 1 saturated heterocycles. The third-order valence-electron chi connectivity index (χ3n) is 3.69. The number of carbonyl (C=O) groups is 1. The number of alkyl halides is 3. The Morgan fingerprint density at radius 2 is 1.96 bits per heavy atom. The molecular formula is C16H17F3N4O3S2. The second kappa shape index (κ2) is 8.97. The number of amides is 1. The van der Waals surface area contributed by atoms with Crippen molar-refractivity contribution >= 4 is 39.8 Å². The molecule has 1 aliphatic heterocycles. The Balaban J connectivity index is 1.54. The number of rotatable bonds is 6. The number of hydrogen-bond acceptors (Lipinski definition) is 8. The van der Waals surface area contributed by atoms with Crippen LogP contribution in [0, 0.1) is 0 Å². The van der Waals surface area contributed by atoms with Crippen molar-refractivity contribution < 1.29 is 27.4 Å². The summed E-state index contributed by atoms with van der Waals surface area (Å²) in [6, 6.07) is 5.30. The zero-order chi connectivity index (χ0) is 20.1. The van der Waals surface area contributed by atoms with E-state index in [9.17, 15) is 18.0 Å². The Bertz CT molecular complexity index is 795. The fourth-order valence-corrected chi connectivity index (χ4v) is 4.41. The first kappa shape index (κ1) is 20.7. The van der Waals surface area contributed by atoms with E-state index in [1.165, 1.54) is 47.4 Å². The molecule has 2 heterocycles. The number of thioether (sulfide) groups is 1. The summed E-state index contributed by atoms with van der Waals surface area (Å²) in [6.45, 7) is 4.07. The molecule has 28 heavy (non-hydrogen) atoms. The van der Waals surface area contributed by atoms with E-state index in [0.717, 1.165) is 0 Å². The summed E-state index contributed by atoms with van der Waals surface area (Å²) in [6.07, 6.45) is -4.73. The van der Waals surface area contributed by atoms with Crippen LogP contribution in [0.4, 0.5) is 24.0 Å². The quantitative estimate of drug-likeness (QED) is 0.697. The number of ether oxygens (including phenoxy) is 2. The van der Waals surface area contributed by atoms with Crippen molar-refractivity contribution in [3.63, 3.8) is 0 Å². The maximum absolute atomic E-state index is 12.4. The highest BCUT2D eigenvalue weighted by atomic mass is 32.2. The minimum atomic E-state index is -4.73. The number of aromatic nitrogens is 2. The lowest BCUT2D eigenvalue weighted by molar-refractivity contribution is -0.274. The number of halogens is 3. The molecule has 7 nitrogen and oxygen atoms in total.